The Morgan fingerprint density at radius 2 is 1.82 bits per heavy atom. The van der Waals surface area contributed by atoms with Crippen LogP contribution in [0, 0.1) is 17.8 Å². The van der Waals surface area contributed by atoms with Crippen LogP contribution in [0.2, 0.25) is 0 Å². The molecule has 2 atom stereocenters. The van der Waals surface area contributed by atoms with Crippen LogP contribution < -0.4 is 0 Å². The second-order valence-electron chi connectivity index (χ2n) is 7.81. The van der Waals surface area contributed by atoms with Crippen LogP contribution in [0.4, 0.5) is 0 Å². The van der Waals surface area contributed by atoms with E-state index >= 15 is 0 Å². The molecule has 0 spiro atoms. The van der Waals surface area contributed by atoms with Gasteiger partial charge in [-0.2, -0.15) is 0 Å². The van der Waals surface area contributed by atoms with Crippen LogP contribution in [0.3, 0.4) is 0 Å². The van der Waals surface area contributed by atoms with Gasteiger partial charge < -0.3 is 4.74 Å². The maximum atomic E-state index is 12.5. The molecule has 2 aliphatic rings. The van der Waals surface area contributed by atoms with Crippen molar-refractivity contribution in [1.82, 2.24) is 0 Å². The summed E-state index contributed by atoms with van der Waals surface area (Å²) >= 11 is 0. The number of ether oxygens (including phenoxy) is 1. The average molecular weight is 300 g/mol. The van der Waals surface area contributed by atoms with E-state index in [0.29, 0.717) is 5.92 Å². The highest BCUT2D eigenvalue weighted by atomic mass is 16.6. The molecule has 2 fully saturated rings. The van der Waals surface area contributed by atoms with Crippen molar-refractivity contribution in [3.63, 3.8) is 0 Å². The molecule has 0 bridgehead atoms. The number of carbonyl (C=O) groups excluding carboxylic acids is 1. The zero-order chi connectivity index (χ0) is 15.7. The van der Waals surface area contributed by atoms with Crippen LogP contribution in [0.5, 0.6) is 0 Å². The first-order chi connectivity index (χ1) is 10.5. The van der Waals surface area contributed by atoms with Crippen molar-refractivity contribution in [2.45, 2.75) is 64.4 Å². The first kappa shape index (κ1) is 15.6. The molecular weight excluding hydrogens is 272 g/mol. The highest BCUT2D eigenvalue weighted by Crippen LogP contribution is 2.49. The molecule has 2 nitrogen and oxygen atoms in total. The molecule has 2 aliphatic carbocycles. The van der Waals surface area contributed by atoms with Gasteiger partial charge in [-0.15, -0.1) is 0 Å². The van der Waals surface area contributed by atoms with E-state index in [1.807, 2.05) is 18.2 Å². The average Bonchev–Trinajstić information content (AvgIpc) is 3.29. The predicted molar refractivity (Wildman–Crippen MR) is 88.6 cm³/mol. The fraction of sp³-hybridized carbons (Fsp3) is 0.650. The Kier molecular flexibility index (Phi) is 4.29. The van der Waals surface area contributed by atoms with Crippen LogP contribution in [0.1, 0.15) is 64.4 Å². The lowest BCUT2D eigenvalue weighted by atomic mass is 9.75. The molecule has 0 aromatic heterocycles. The molecule has 3 rings (SSSR count). The van der Waals surface area contributed by atoms with Crippen molar-refractivity contribution in [3.05, 3.63) is 35.9 Å². The minimum Gasteiger partial charge on any atom is -0.459 e. The highest BCUT2D eigenvalue weighted by molar-refractivity contribution is 5.77. The molecule has 2 saturated carbocycles. The Balaban J connectivity index is 1.53. The number of rotatable bonds is 4. The normalized spacial score (nSPS) is 34.5. The zero-order valence-corrected chi connectivity index (χ0v) is 14.0. The molecule has 0 aliphatic heterocycles. The van der Waals surface area contributed by atoms with E-state index < -0.39 is 0 Å². The highest BCUT2D eigenvalue weighted by Gasteiger charge is 2.47. The third kappa shape index (κ3) is 3.37. The number of benzene rings is 1. The Hall–Kier alpha value is -1.31. The lowest BCUT2D eigenvalue weighted by molar-refractivity contribution is -0.164. The minimum absolute atomic E-state index is 0.0272. The molecule has 0 N–H and O–H groups in total. The third-order valence-corrected chi connectivity index (χ3v) is 5.70. The summed E-state index contributed by atoms with van der Waals surface area (Å²) in [5.41, 5.74) is 1.05. The summed E-state index contributed by atoms with van der Waals surface area (Å²) in [7, 11) is 0. The Morgan fingerprint density at radius 1 is 1.18 bits per heavy atom. The zero-order valence-electron chi connectivity index (χ0n) is 14.0. The molecule has 22 heavy (non-hydrogen) atoms. The van der Waals surface area contributed by atoms with E-state index in [2.05, 4.69) is 32.9 Å². The molecule has 1 aromatic rings. The second kappa shape index (κ2) is 6.06. The molecule has 120 valence electrons. The van der Waals surface area contributed by atoms with Gasteiger partial charge in [0.2, 0.25) is 0 Å². The SMILES string of the molecule is CC(C)C1CCC(C)(OC(=O)C2CC2c2ccccc2)CC1. The van der Waals surface area contributed by atoms with Gasteiger partial charge in [-0.25, -0.2) is 0 Å². The fourth-order valence-electron chi connectivity index (χ4n) is 3.86. The van der Waals surface area contributed by atoms with E-state index in [1.54, 1.807) is 0 Å². The number of esters is 1. The lowest BCUT2D eigenvalue weighted by Crippen LogP contribution is -2.37. The van der Waals surface area contributed by atoms with Gasteiger partial charge in [-0.1, -0.05) is 44.2 Å². The van der Waals surface area contributed by atoms with E-state index in [1.165, 1.54) is 18.4 Å². The van der Waals surface area contributed by atoms with Crippen LogP contribution in [-0.2, 0) is 9.53 Å². The topological polar surface area (TPSA) is 26.3 Å². The van der Waals surface area contributed by atoms with Gasteiger partial charge in [0.25, 0.3) is 0 Å². The van der Waals surface area contributed by atoms with Crippen LogP contribution >= 0.6 is 0 Å². The predicted octanol–water partition coefficient (Wildman–Crippen LogP) is 4.94. The maximum absolute atomic E-state index is 12.5. The monoisotopic (exact) mass is 300 g/mol. The van der Waals surface area contributed by atoms with E-state index in [-0.39, 0.29) is 17.5 Å². The molecule has 0 amide bonds. The van der Waals surface area contributed by atoms with Gasteiger partial charge >= 0.3 is 5.97 Å². The van der Waals surface area contributed by atoms with E-state index in [9.17, 15) is 4.79 Å². The van der Waals surface area contributed by atoms with Crippen molar-refractivity contribution < 1.29 is 9.53 Å². The van der Waals surface area contributed by atoms with E-state index in [0.717, 1.165) is 31.1 Å². The van der Waals surface area contributed by atoms with Crippen molar-refractivity contribution in [1.29, 1.82) is 0 Å². The Labute approximate surface area is 134 Å². The largest absolute Gasteiger partial charge is 0.459 e. The minimum atomic E-state index is -0.230. The molecule has 2 heteroatoms. The number of hydrogen-bond acceptors (Lipinski definition) is 2. The Morgan fingerprint density at radius 3 is 2.41 bits per heavy atom. The van der Waals surface area contributed by atoms with Crippen molar-refractivity contribution in [2.75, 3.05) is 0 Å². The third-order valence-electron chi connectivity index (χ3n) is 5.70. The van der Waals surface area contributed by atoms with Crippen LogP contribution in [0.15, 0.2) is 30.3 Å². The first-order valence-electron chi connectivity index (χ1n) is 8.76. The number of hydrogen-bond donors (Lipinski definition) is 0. The van der Waals surface area contributed by atoms with Gasteiger partial charge in [-0.3, -0.25) is 4.79 Å². The van der Waals surface area contributed by atoms with Gasteiger partial charge in [0.1, 0.15) is 5.60 Å². The van der Waals surface area contributed by atoms with Crippen LogP contribution in [-0.4, -0.2) is 11.6 Å². The second-order valence-corrected chi connectivity index (χ2v) is 7.81. The molecule has 1 aromatic carbocycles. The summed E-state index contributed by atoms with van der Waals surface area (Å²) in [6.07, 6.45) is 5.37. The summed E-state index contributed by atoms with van der Waals surface area (Å²) < 4.78 is 5.94. The Bertz CT molecular complexity index is 512. The standard InChI is InChI=1S/C20H28O2/c1-14(2)15-9-11-20(3,12-10-15)22-19(21)18-13-17(18)16-7-5-4-6-8-16/h4-8,14-15,17-18H,9-13H2,1-3H3. The first-order valence-corrected chi connectivity index (χ1v) is 8.76. The number of carbonyl (C=O) groups is 1. The molecule has 2 unspecified atom stereocenters. The summed E-state index contributed by atoms with van der Waals surface area (Å²) in [5, 5.41) is 0. The summed E-state index contributed by atoms with van der Waals surface area (Å²) in [5.74, 6) is 2.03. The van der Waals surface area contributed by atoms with E-state index in [4.69, 9.17) is 4.74 Å². The molecular formula is C20H28O2. The summed E-state index contributed by atoms with van der Waals surface area (Å²) in [4.78, 5) is 12.5. The summed E-state index contributed by atoms with van der Waals surface area (Å²) in [6.45, 7) is 6.73. The van der Waals surface area contributed by atoms with Crippen molar-refractivity contribution >= 4 is 5.97 Å². The van der Waals surface area contributed by atoms with Crippen molar-refractivity contribution in [3.8, 4) is 0 Å². The van der Waals surface area contributed by atoms with Gasteiger partial charge in [0.05, 0.1) is 5.92 Å². The molecule has 0 heterocycles. The maximum Gasteiger partial charge on any atom is 0.310 e. The smallest absolute Gasteiger partial charge is 0.310 e. The van der Waals surface area contributed by atoms with Crippen LogP contribution in [0.25, 0.3) is 0 Å². The molecule has 0 saturated heterocycles. The van der Waals surface area contributed by atoms with Gasteiger partial charge in [0, 0.05) is 0 Å². The lowest BCUT2D eigenvalue weighted by Gasteiger charge is -2.38. The summed E-state index contributed by atoms with van der Waals surface area (Å²) in [6, 6.07) is 10.4. The quantitative estimate of drug-likeness (QED) is 0.736. The fourth-order valence-corrected chi connectivity index (χ4v) is 3.86. The molecule has 0 radical (unpaired) electrons. The van der Waals surface area contributed by atoms with Gasteiger partial charge in [0.15, 0.2) is 0 Å². The van der Waals surface area contributed by atoms with Gasteiger partial charge in [-0.05, 0) is 62.3 Å². The van der Waals surface area contributed by atoms with Crippen molar-refractivity contribution in [2.24, 2.45) is 17.8 Å².